The van der Waals surface area contributed by atoms with Crippen LogP contribution in [0.3, 0.4) is 0 Å². The van der Waals surface area contributed by atoms with Crippen LogP contribution >= 0.6 is 11.3 Å². The zero-order valence-electron chi connectivity index (χ0n) is 13.1. The summed E-state index contributed by atoms with van der Waals surface area (Å²) in [7, 11) is 6.27. The summed E-state index contributed by atoms with van der Waals surface area (Å²) in [6, 6.07) is 3.92. The maximum absolute atomic E-state index is 4.64. The topological polar surface area (TPSA) is 49.6 Å². The molecule has 0 atom stereocenters. The summed E-state index contributed by atoms with van der Waals surface area (Å²) >= 11 is 1.61. The van der Waals surface area contributed by atoms with Crippen molar-refractivity contribution in [1.82, 2.24) is 24.5 Å². The second-order valence-electron chi connectivity index (χ2n) is 5.56. The number of aromatic nitrogens is 4. The molecule has 3 aromatic rings. The highest BCUT2D eigenvalue weighted by Gasteiger charge is 2.12. The Balaban J connectivity index is 1.73. The Morgan fingerprint density at radius 2 is 2.09 bits per heavy atom. The molecule has 0 saturated carbocycles. The van der Waals surface area contributed by atoms with Crippen LogP contribution in [0.4, 0.5) is 5.13 Å². The number of imidazole rings is 1. The van der Waals surface area contributed by atoms with Crippen LogP contribution in [0.5, 0.6) is 0 Å². The van der Waals surface area contributed by atoms with E-state index in [0.717, 1.165) is 40.9 Å². The average Bonchev–Trinajstić information content (AvgIpc) is 3.06. The molecule has 0 spiro atoms. The predicted molar refractivity (Wildman–Crippen MR) is 90.5 cm³/mol. The molecule has 0 aliphatic heterocycles. The molecule has 0 saturated heterocycles. The molecule has 3 heterocycles. The van der Waals surface area contributed by atoms with Crippen molar-refractivity contribution in [2.24, 2.45) is 0 Å². The van der Waals surface area contributed by atoms with Gasteiger partial charge in [0.2, 0.25) is 10.1 Å². The van der Waals surface area contributed by atoms with Gasteiger partial charge in [0.05, 0.1) is 11.9 Å². The summed E-state index contributed by atoms with van der Waals surface area (Å²) in [5.74, 6) is 0. The Bertz CT molecular complexity index is 701. The molecule has 3 rings (SSSR count). The van der Waals surface area contributed by atoms with E-state index in [0.29, 0.717) is 0 Å². The van der Waals surface area contributed by atoms with Gasteiger partial charge in [-0.3, -0.25) is 4.98 Å². The number of hydrogen-bond donors (Lipinski definition) is 0. The van der Waals surface area contributed by atoms with E-state index in [1.807, 2.05) is 29.0 Å². The fraction of sp³-hybridized carbons (Fsp3) is 0.400. The van der Waals surface area contributed by atoms with Gasteiger partial charge >= 0.3 is 0 Å². The summed E-state index contributed by atoms with van der Waals surface area (Å²) in [5.41, 5.74) is 1.93. The molecule has 0 unspecified atom stereocenters. The summed E-state index contributed by atoms with van der Waals surface area (Å²) in [6.07, 6.45) is 6.66. The fourth-order valence-corrected chi connectivity index (χ4v) is 3.09. The predicted octanol–water partition coefficient (Wildman–Crippen LogP) is 2.24. The lowest BCUT2D eigenvalue weighted by molar-refractivity contribution is 0.401. The maximum atomic E-state index is 4.64. The third kappa shape index (κ3) is 3.26. The van der Waals surface area contributed by atoms with E-state index < -0.39 is 0 Å². The van der Waals surface area contributed by atoms with Gasteiger partial charge in [-0.25, -0.2) is 9.50 Å². The smallest absolute Gasteiger partial charge is 0.214 e. The monoisotopic (exact) mass is 316 g/mol. The molecule has 116 valence electrons. The van der Waals surface area contributed by atoms with Gasteiger partial charge in [-0.15, -0.1) is 5.10 Å². The molecule has 6 nitrogen and oxygen atoms in total. The molecule has 0 N–H and O–H groups in total. The molecule has 0 fully saturated rings. The molecule has 0 aromatic carbocycles. The number of hydrogen-bond acceptors (Lipinski definition) is 6. The molecule has 0 aliphatic carbocycles. The van der Waals surface area contributed by atoms with Crippen LogP contribution < -0.4 is 4.90 Å². The number of anilines is 1. The SMILES string of the molecule is CN(C)CCCN(C)c1nn2cc(-c3cccnc3)nc2s1. The van der Waals surface area contributed by atoms with Gasteiger partial charge in [-0.05, 0) is 39.2 Å². The average molecular weight is 316 g/mol. The maximum Gasteiger partial charge on any atom is 0.214 e. The van der Waals surface area contributed by atoms with Gasteiger partial charge in [0.1, 0.15) is 0 Å². The largest absolute Gasteiger partial charge is 0.350 e. The van der Waals surface area contributed by atoms with Crippen molar-refractivity contribution in [3.05, 3.63) is 30.7 Å². The molecule has 0 radical (unpaired) electrons. The lowest BCUT2D eigenvalue weighted by Crippen LogP contribution is -2.23. The summed E-state index contributed by atoms with van der Waals surface area (Å²) in [5, 5.41) is 5.62. The number of rotatable bonds is 6. The molecule has 0 aliphatic rings. The molecule has 3 aromatic heterocycles. The van der Waals surface area contributed by atoms with Crippen LogP contribution in [0.1, 0.15) is 6.42 Å². The summed E-state index contributed by atoms with van der Waals surface area (Å²) in [6.45, 7) is 2.07. The summed E-state index contributed by atoms with van der Waals surface area (Å²) in [4.78, 5) is 14.1. The van der Waals surface area contributed by atoms with Gasteiger partial charge < -0.3 is 9.80 Å². The van der Waals surface area contributed by atoms with Crippen molar-refractivity contribution < 1.29 is 0 Å². The first kappa shape index (κ1) is 14.9. The quantitative estimate of drug-likeness (QED) is 0.698. The molecule has 0 bridgehead atoms. The number of fused-ring (bicyclic) bond motifs is 1. The van der Waals surface area contributed by atoms with Crippen molar-refractivity contribution >= 4 is 21.4 Å². The van der Waals surface area contributed by atoms with Crippen molar-refractivity contribution in [3.63, 3.8) is 0 Å². The number of nitrogens with zero attached hydrogens (tertiary/aromatic N) is 6. The van der Waals surface area contributed by atoms with Crippen LogP contribution in [0.25, 0.3) is 16.2 Å². The van der Waals surface area contributed by atoms with E-state index in [9.17, 15) is 0 Å². The minimum Gasteiger partial charge on any atom is -0.350 e. The van der Waals surface area contributed by atoms with E-state index in [1.165, 1.54) is 0 Å². The van der Waals surface area contributed by atoms with Gasteiger partial charge in [0.25, 0.3) is 0 Å². The zero-order valence-corrected chi connectivity index (χ0v) is 13.9. The molecular formula is C15H20N6S. The standard InChI is InChI=1S/C15H20N6S/c1-19(2)8-5-9-20(3)15-18-21-11-13(17-14(21)22-15)12-6-4-7-16-10-12/h4,6-7,10-11H,5,8-9H2,1-3H3. The third-order valence-electron chi connectivity index (χ3n) is 3.42. The van der Waals surface area contributed by atoms with Crippen molar-refractivity contribution in [3.8, 4) is 11.3 Å². The van der Waals surface area contributed by atoms with Crippen molar-refractivity contribution in [2.75, 3.05) is 39.1 Å². The highest BCUT2D eigenvalue weighted by atomic mass is 32.1. The van der Waals surface area contributed by atoms with Gasteiger partial charge in [0.15, 0.2) is 0 Å². The van der Waals surface area contributed by atoms with Crippen LogP contribution in [-0.2, 0) is 0 Å². The van der Waals surface area contributed by atoms with Crippen molar-refractivity contribution in [2.45, 2.75) is 6.42 Å². The molecule has 22 heavy (non-hydrogen) atoms. The minimum atomic E-state index is 0.910. The Morgan fingerprint density at radius 3 is 2.77 bits per heavy atom. The lowest BCUT2D eigenvalue weighted by atomic mass is 10.2. The van der Waals surface area contributed by atoms with E-state index in [1.54, 1.807) is 17.5 Å². The molecule has 0 amide bonds. The van der Waals surface area contributed by atoms with Crippen LogP contribution in [0, 0.1) is 0 Å². The lowest BCUT2D eigenvalue weighted by Gasteiger charge is -2.16. The van der Waals surface area contributed by atoms with Gasteiger partial charge in [-0.1, -0.05) is 11.3 Å². The summed E-state index contributed by atoms with van der Waals surface area (Å²) < 4.78 is 1.85. The van der Waals surface area contributed by atoms with Gasteiger partial charge in [0, 0.05) is 31.5 Å². The highest BCUT2D eigenvalue weighted by Crippen LogP contribution is 2.25. The first-order valence-electron chi connectivity index (χ1n) is 7.26. The van der Waals surface area contributed by atoms with Gasteiger partial charge in [-0.2, -0.15) is 0 Å². The Kier molecular flexibility index (Phi) is 4.35. The van der Waals surface area contributed by atoms with Crippen LogP contribution in [0.2, 0.25) is 0 Å². The van der Waals surface area contributed by atoms with Crippen LogP contribution in [-0.4, -0.2) is 58.7 Å². The molecule has 7 heteroatoms. The van der Waals surface area contributed by atoms with E-state index in [-0.39, 0.29) is 0 Å². The third-order valence-corrected chi connectivity index (χ3v) is 4.45. The van der Waals surface area contributed by atoms with Crippen molar-refractivity contribution in [1.29, 1.82) is 0 Å². The second-order valence-corrected chi connectivity index (χ2v) is 6.49. The zero-order chi connectivity index (χ0) is 15.5. The Morgan fingerprint density at radius 1 is 1.23 bits per heavy atom. The van der Waals surface area contributed by atoms with E-state index >= 15 is 0 Å². The normalized spacial score (nSPS) is 11.5. The first-order chi connectivity index (χ1) is 10.6. The second kappa shape index (κ2) is 6.41. The van der Waals surface area contributed by atoms with Crippen LogP contribution in [0.15, 0.2) is 30.7 Å². The van der Waals surface area contributed by atoms with E-state index in [2.05, 4.69) is 46.0 Å². The van der Waals surface area contributed by atoms with E-state index in [4.69, 9.17) is 0 Å². The Hall–Kier alpha value is -1.99. The fourth-order valence-electron chi connectivity index (χ4n) is 2.22. The minimum absolute atomic E-state index is 0.910. The highest BCUT2D eigenvalue weighted by molar-refractivity contribution is 7.20. The Labute approximate surface area is 134 Å². The molecular weight excluding hydrogens is 296 g/mol. The first-order valence-corrected chi connectivity index (χ1v) is 8.07. The number of pyridine rings is 1.